The monoisotopic (exact) mass is 465 g/mol. The average Bonchev–Trinajstić information content (AvgIpc) is 3.05. The topological polar surface area (TPSA) is 85.4 Å². The van der Waals surface area contributed by atoms with Gasteiger partial charge in [0.05, 0.1) is 0 Å². The Balaban J connectivity index is 1.67. The Morgan fingerprint density at radius 3 is 2.38 bits per heavy atom. The first-order valence-corrected chi connectivity index (χ1v) is 11.9. The first-order valence-electron chi connectivity index (χ1n) is 10.3. The highest BCUT2D eigenvalue weighted by atomic mass is 32.2. The van der Waals surface area contributed by atoms with Gasteiger partial charge in [-0.25, -0.2) is 26.7 Å². The number of nitrogens with zero attached hydrogens (tertiary/aromatic N) is 2. The summed E-state index contributed by atoms with van der Waals surface area (Å²) in [5.41, 5.74) is 1.41. The number of anilines is 1. The Bertz CT molecular complexity index is 1340. The van der Waals surface area contributed by atoms with Gasteiger partial charge in [-0.1, -0.05) is 12.2 Å². The van der Waals surface area contributed by atoms with Gasteiger partial charge in [-0.2, -0.15) is 0 Å². The van der Waals surface area contributed by atoms with Crippen LogP contribution in [0.1, 0.15) is 30.4 Å². The van der Waals surface area contributed by atoms with E-state index in [1.165, 1.54) is 10.6 Å². The Labute approximate surface area is 183 Å². The van der Waals surface area contributed by atoms with Gasteiger partial charge in [0, 0.05) is 60.5 Å². The van der Waals surface area contributed by atoms with Crippen molar-refractivity contribution in [2.24, 2.45) is 17.6 Å². The number of rotatable bonds is 3. The van der Waals surface area contributed by atoms with E-state index in [4.69, 9.17) is 5.14 Å². The molecule has 1 aromatic heterocycles. The number of sulfonamides is 1. The fraction of sp³-hybridized carbons (Fsp3) is 0.409. The van der Waals surface area contributed by atoms with Crippen molar-refractivity contribution in [1.29, 1.82) is 0 Å². The molecule has 1 saturated heterocycles. The Hall–Kier alpha value is -2.59. The maximum Gasteiger partial charge on any atom is 0.254 e. The molecule has 10 heteroatoms. The summed E-state index contributed by atoms with van der Waals surface area (Å²) in [4.78, 5) is 13.7. The first kappa shape index (κ1) is 21.3. The van der Waals surface area contributed by atoms with Crippen LogP contribution in [0.5, 0.6) is 0 Å². The van der Waals surface area contributed by atoms with Crippen LogP contribution in [0.25, 0.3) is 17.2 Å². The molecule has 0 radical (unpaired) electrons. The van der Waals surface area contributed by atoms with E-state index in [0.29, 0.717) is 47.5 Å². The largest absolute Gasteiger partial charge is 0.371 e. The number of alkyl halides is 2. The number of fused-ring (bicyclic) bond motifs is 1. The third kappa shape index (κ3) is 3.11. The van der Waals surface area contributed by atoms with Gasteiger partial charge in [0.2, 0.25) is 10.0 Å². The van der Waals surface area contributed by atoms with Gasteiger partial charge in [-0.15, -0.1) is 0 Å². The van der Waals surface area contributed by atoms with Crippen LogP contribution in [0, 0.1) is 11.2 Å². The molecular weight excluding hydrogens is 443 g/mol. The quantitative estimate of drug-likeness (QED) is 0.755. The summed E-state index contributed by atoms with van der Waals surface area (Å²) in [5, 5.41) is 5.24. The van der Waals surface area contributed by atoms with Gasteiger partial charge in [-0.05, 0) is 37.0 Å². The van der Waals surface area contributed by atoms with E-state index in [1.54, 1.807) is 24.2 Å². The maximum absolute atomic E-state index is 14.8. The van der Waals surface area contributed by atoms with Crippen molar-refractivity contribution < 1.29 is 21.6 Å². The highest BCUT2D eigenvalue weighted by Crippen LogP contribution is 2.66. The lowest BCUT2D eigenvalue weighted by Gasteiger charge is -2.35. The van der Waals surface area contributed by atoms with Crippen LogP contribution >= 0.6 is 0 Å². The smallest absolute Gasteiger partial charge is 0.254 e. The molecule has 1 aliphatic heterocycles. The molecular formula is C22H22F3N3O3S. The number of piperidine rings is 1. The molecule has 2 aliphatic carbocycles. The zero-order valence-electron chi connectivity index (χ0n) is 17.4. The number of hydrogen-bond acceptors (Lipinski definition) is 4. The Morgan fingerprint density at radius 1 is 1.12 bits per heavy atom. The van der Waals surface area contributed by atoms with Gasteiger partial charge >= 0.3 is 0 Å². The van der Waals surface area contributed by atoms with Crippen LogP contribution in [0.15, 0.2) is 34.1 Å². The Kier molecular flexibility index (Phi) is 4.46. The number of allylic oxidation sites excluding steroid dienone is 1. The summed E-state index contributed by atoms with van der Waals surface area (Å²) in [5.74, 6) is -3.66. The number of aryl methyl sites for hydroxylation is 1. The summed E-state index contributed by atoms with van der Waals surface area (Å²) >= 11 is 0. The molecule has 32 heavy (non-hydrogen) atoms. The normalized spacial score (nSPS) is 20.6. The van der Waals surface area contributed by atoms with Crippen LogP contribution in [0.2, 0.25) is 0 Å². The van der Waals surface area contributed by atoms with E-state index in [1.807, 2.05) is 6.08 Å². The molecule has 1 spiro atoms. The lowest BCUT2D eigenvalue weighted by atomic mass is 9.91. The van der Waals surface area contributed by atoms with Crippen molar-refractivity contribution in [3.63, 3.8) is 0 Å². The van der Waals surface area contributed by atoms with E-state index in [9.17, 15) is 26.4 Å². The lowest BCUT2D eigenvalue weighted by Crippen LogP contribution is -2.37. The minimum Gasteiger partial charge on any atom is -0.371 e. The molecule has 1 saturated carbocycles. The summed E-state index contributed by atoms with van der Waals surface area (Å²) in [6, 6.07) is 2.29. The number of nitrogens with two attached hydrogens (primary N) is 1. The van der Waals surface area contributed by atoms with Crippen molar-refractivity contribution in [3.8, 4) is 11.1 Å². The predicted octanol–water partition coefficient (Wildman–Crippen LogP) is 3.03. The van der Waals surface area contributed by atoms with Crippen molar-refractivity contribution in [3.05, 3.63) is 51.7 Å². The van der Waals surface area contributed by atoms with E-state index >= 15 is 0 Å². The number of aromatic nitrogens is 1. The molecule has 170 valence electrons. The summed E-state index contributed by atoms with van der Waals surface area (Å²) in [6.45, 7) is 0.584. The second kappa shape index (κ2) is 6.71. The summed E-state index contributed by atoms with van der Waals surface area (Å²) in [7, 11) is -2.76. The molecule has 0 bridgehead atoms. The lowest BCUT2D eigenvalue weighted by molar-refractivity contribution is 0.0537. The second-order valence-electron chi connectivity index (χ2n) is 8.95. The molecule has 0 atom stereocenters. The van der Waals surface area contributed by atoms with Gasteiger partial charge in [0.25, 0.3) is 11.5 Å². The highest BCUT2D eigenvalue weighted by molar-refractivity contribution is 7.89. The number of primary sulfonamides is 1. The van der Waals surface area contributed by atoms with Crippen LogP contribution < -0.4 is 15.6 Å². The minimum atomic E-state index is -4.35. The van der Waals surface area contributed by atoms with Gasteiger partial charge in [0.1, 0.15) is 10.7 Å². The van der Waals surface area contributed by atoms with E-state index in [0.717, 1.165) is 6.07 Å². The molecule has 5 rings (SSSR count). The highest BCUT2D eigenvalue weighted by Gasteiger charge is 2.70. The minimum absolute atomic E-state index is 0.126. The van der Waals surface area contributed by atoms with Crippen LogP contribution in [-0.4, -0.2) is 32.0 Å². The molecule has 6 nitrogen and oxygen atoms in total. The maximum atomic E-state index is 14.8. The third-order valence-corrected chi connectivity index (χ3v) is 7.97. The number of benzene rings is 1. The van der Waals surface area contributed by atoms with Crippen molar-refractivity contribution >= 4 is 21.8 Å². The van der Waals surface area contributed by atoms with E-state index < -0.39 is 32.1 Å². The third-order valence-electron chi connectivity index (χ3n) is 7.04. The molecule has 0 amide bonds. The number of hydrogen-bond donors (Lipinski definition) is 1. The van der Waals surface area contributed by atoms with Gasteiger partial charge < -0.3 is 9.47 Å². The van der Waals surface area contributed by atoms with Crippen LogP contribution in [0.4, 0.5) is 18.9 Å². The molecule has 1 aromatic carbocycles. The standard InChI is InChI=1S/C22H22F3N3O3S/c1-27-11-16(13-3-2-4-14(13)20(27)29)15-9-19(32(26,30)31)17(23)10-18(15)28-7-5-21(6-8-28)12-22(21,24)25/h2-3,9-11H,4-8,12H2,1H3,(H2,26,30,31). The van der Waals surface area contributed by atoms with Crippen molar-refractivity contribution in [2.45, 2.75) is 36.5 Å². The zero-order chi connectivity index (χ0) is 23.1. The summed E-state index contributed by atoms with van der Waals surface area (Å²) < 4.78 is 67.9. The fourth-order valence-electron chi connectivity index (χ4n) is 5.05. The molecule has 3 aliphatic rings. The molecule has 2 aromatic rings. The number of pyridine rings is 1. The van der Waals surface area contributed by atoms with E-state index in [2.05, 4.69) is 0 Å². The van der Waals surface area contributed by atoms with Gasteiger partial charge in [0.15, 0.2) is 0 Å². The zero-order valence-corrected chi connectivity index (χ0v) is 18.2. The average molecular weight is 465 g/mol. The molecule has 2 heterocycles. The fourth-order valence-corrected chi connectivity index (χ4v) is 5.66. The van der Waals surface area contributed by atoms with Crippen molar-refractivity contribution in [2.75, 3.05) is 18.0 Å². The molecule has 0 unspecified atom stereocenters. The van der Waals surface area contributed by atoms with Crippen molar-refractivity contribution in [1.82, 2.24) is 4.57 Å². The SMILES string of the molecule is Cn1cc(-c2cc(S(N)(=O)=O)c(F)cc2N2CCC3(CC2)CC3(F)F)c2c(c1=O)CC=C2. The van der Waals surface area contributed by atoms with E-state index in [-0.39, 0.29) is 24.8 Å². The molecule has 2 fully saturated rings. The first-order chi connectivity index (χ1) is 14.9. The Morgan fingerprint density at radius 2 is 1.78 bits per heavy atom. The number of halogens is 3. The van der Waals surface area contributed by atoms with Crippen LogP contribution in [-0.2, 0) is 23.5 Å². The summed E-state index contributed by atoms with van der Waals surface area (Å²) in [6.07, 6.45) is 6.05. The van der Waals surface area contributed by atoms with Crippen LogP contribution in [0.3, 0.4) is 0 Å². The predicted molar refractivity (Wildman–Crippen MR) is 115 cm³/mol. The van der Waals surface area contributed by atoms with Gasteiger partial charge in [-0.3, -0.25) is 4.79 Å². The molecule has 2 N–H and O–H groups in total. The second-order valence-corrected chi connectivity index (χ2v) is 10.5.